The predicted molar refractivity (Wildman–Crippen MR) is 93.8 cm³/mol. The van der Waals surface area contributed by atoms with Crippen LogP contribution < -0.4 is 0 Å². The molecule has 1 aromatic heterocycles. The number of nitrogens with zero attached hydrogens (tertiary/aromatic N) is 2. The van der Waals surface area contributed by atoms with Crippen LogP contribution >= 0.6 is 0 Å². The quantitative estimate of drug-likeness (QED) is 0.719. The van der Waals surface area contributed by atoms with Crippen LogP contribution in [0.15, 0.2) is 18.5 Å². The monoisotopic (exact) mass is 330 g/mol. The molecule has 0 radical (unpaired) electrons. The largest absolute Gasteiger partial charge is 0.377 e. The first kappa shape index (κ1) is 16.5. The van der Waals surface area contributed by atoms with Crippen LogP contribution in [-0.2, 0) is 16.1 Å². The molecule has 3 fully saturated rings. The van der Waals surface area contributed by atoms with E-state index in [1.807, 2.05) is 18.5 Å². The van der Waals surface area contributed by atoms with Crippen LogP contribution in [0.25, 0.3) is 0 Å². The van der Waals surface area contributed by atoms with Gasteiger partial charge in [0.25, 0.3) is 0 Å². The van der Waals surface area contributed by atoms with E-state index in [2.05, 4.69) is 16.8 Å². The van der Waals surface area contributed by atoms with Crippen molar-refractivity contribution in [1.82, 2.24) is 9.88 Å². The summed E-state index contributed by atoms with van der Waals surface area (Å²) in [4.78, 5) is 6.78. The third-order valence-electron chi connectivity index (χ3n) is 5.91. The highest BCUT2D eigenvalue weighted by molar-refractivity contribution is 5.20. The first-order valence-electron chi connectivity index (χ1n) is 9.56. The molecule has 3 aliphatic rings. The maximum Gasteiger partial charge on any atom is 0.0937 e. The van der Waals surface area contributed by atoms with Gasteiger partial charge in [0.1, 0.15) is 0 Å². The van der Waals surface area contributed by atoms with Crippen molar-refractivity contribution in [3.05, 3.63) is 29.6 Å². The van der Waals surface area contributed by atoms with Crippen molar-refractivity contribution in [3.63, 3.8) is 0 Å². The van der Waals surface area contributed by atoms with E-state index in [-0.39, 0.29) is 5.60 Å². The molecule has 2 saturated heterocycles. The molecule has 4 heteroatoms. The van der Waals surface area contributed by atoms with Crippen LogP contribution in [0.3, 0.4) is 0 Å². The van der Waals surface area contributed by atoms with Gasteiger partial charge in [0.2, 0.25) is 0 Å². The zero-order valence-corrected chi connectivity index (χ0v) is 14.9. The van der Waals surface area contributed by atoms with Crippen molar-refractivity contribution in [2.24, 2.45) is 11.8 Å². The maximum absolute atomic E-state index is 6.16. The Labute approximate surface area is 145 Å². The SMILES string of the molecule is Cc1ccncc1COCCC1CCOC2(C1)CN(CC1CC1)C2. The highest BCUT2D eigenvalue weighted by Crippen LogP contribution is 2.40. The Hall–Kier alpha value is -0.970. The van der Waals surface area contributed by atoms with Gasteiger partial charge in [-0.3, -0.25) is 9.88 Å². The fourth-order valence-electron chi connectivity index (χ4n) is 4.24. The average Bonchev–Trinajstić information content (AvgIpc) is 3.36. The fraction of sp³-hybridized carbons (Fsp3) is 0.750. The normalized spacial score (nSPS) is 26.5. The van der Waals surface area contributed by atoms with Crippen LogP contribution in [0.2, 0.25) is 0 Å². The average molecular weight is 330 g/mol. The van der Waals surface area contributed by atoms with Gasteiger partial charge in [-0.1, -0.05) is 0 Å². The lowest BCUT2D eigenvalue weighted by atomic mass is 9.79. The Morgan fingerprint density at radius 1 is 1.29 bits per heavy atom. The molecule has 4 rings (SSSR count). The van der Waals surface area contributed by atoms with Gasteiger partial charge in [-0.15, -0.1) is 0 Å². The van der Waals surface area contributed by atoms with Crippen LogP contribution in [0, 0.1) is 18.8 Å². The molecule has 24 heavy (non-hydrogen) atoms. The lowest BCUT2D eigenvalue weighted by molar-refractivity contribution is -0.180. The Morgan fingerprint density at radius 3 is 2.96 bits per heavy atom. The van der Waals surface area contributed by atoms with E-state index in [1.165, 1.54) is 43.4 Å². The van der Waals surface area contributed by atoms with Crippen molar-refractivity contribution < 1.29 is 9.47 Å². The van der Waals surface area contributed by atoms with Crippen LogP contribution in [0.1, 0.15) is 43.2 Å². The number of hydrogen-bond acceptors (Lipinski definition) is 4. The van der Waals surface area contributed by atoms with Crippen molar-refractivity contribution in [2.75, 3.05) is 32.8 Å². The number of rotatable bonds is 7. The van der Waals surface area contributed by atoms with Gasteiger partial charge in [-0.05, 0) is 68.1 Å². The summed E-state index contributed by atoms with van der Waals surface area (Å²) in [6.07, 6.45) is 10.2. The first-order valence-corrected chi connectivity index (χ1v) is 9.56. The Balaban J connectivity index is 1.17. The minimum atomic E-state index is 0.178. The van der Waals surface area contributed by atoms with Crippen molar-refractivity contribution in [3.8, 4) is 0 Å². The Morgan fingerprint density at radius 2 is 2.17 bits per heavy atom. The molecule has 1 aliphatic carbocycles. The molecule has 132 valence electrons. The second-order valence-corrected chi connectivity index (χ2v) is 8.15. The van der Waals surface area contributed by atoms with Gasteiger partial charge in [0.05, 0.1) is 12.2 Å². The molecule has 0 aromatic carbocycles. The van der Waals surface area contributed by atoms with Gasteiger partial charge < -0.3 is 9.47 Å². The van der Waals surface area contributed by atoms with E-state index in [4.69, 9.17) is 9.47 Å². The molecule has 1 saturated carbocycles. The molecular weight excluding hydrogens is 300 g/mol. The summed E-state index contributed by atoms with van der Waals surface area (Å²) >= 11 is 0. The lowest BCUT2D eigenvalue weighted by Gasteiger charge is -2.53. The van der Waals surface area contributed by atoms with E-state index in [0.717, 1.165) is 44.6 Å². The second-order valence-electron chi connectivity index (χ2n) is 8.15. The fourth-order valence-corrected chi connectivity index (χ4v) is 4.24. The maximum atomic E-state index is 6.16. The molecule has 1 atom stereocenters. The number of aromatic nitrogens is 1. The molecular formula is C20H30N2O2. The van der Waals surface area contributed by atoms with Crippen LogP contribution in [0.5, 0.6) is 0 Å². The van der Waals surface area contributed by atoms with Crippen LogP contribution in [-0.4, -0.2) is 48.3 Å². The molecule has 0 amide bonds. The summed E-state index contributed by atoms with van der Waals surface area (Å²) in [5, 5.41) is 0. The Kier molecular flexibility index (Phi) is 4.88. The van der Waals surface area contributed by atoms with Gasteiger partial charge in [0, 0.05) is 45.2 Å². The molecule has 1 unspecified atom stereocenters. The molecule has 1 aromatic rings. The van der Waals surface area contributed by atoms with Gasteiger partial charge in [-0.25, -0.2) is 0 Å². The molecule has 1 spiro atoms. The number of ether oxygens (including phenoxy) is 2. The van der Waals surface area contributed by atoms with E-state index in [1.54, 1.807) is 0 Å². The zero-order valence-electron chi connectivity index (χ0n) is 14.9. The third kappa shape index (κ3) is 3.98. The van der Waals surface area contributed by atoms with E-state index in [9.17, 15) is 0 Å². The molecule has 3 heterocycles. The van der Waals surface area contributed by atoms with Gasteiger partial charge in [-0.2, -0.15) is 0 Å². The van der Waals surface area contributed by atoms with Crippen molar-refractivity contribution in [1.29, 1.82) is 0 Å². The lowest BCUT2D eigenvalue weighted by Crippen LogP contribution is -2.65. The van der Waals surface area contributed by atoms with E-state index >= 15 is 0 Å². The number of pyridine rings is 1. The highest BCUT2D eigenvalue weighted by atomic mass is 16.5. The van der Waals surface area contributed by atoms with Gasteiger partial charge >= 0.3 is 0 Å². The number of aryl methyl sites for hydroxylation is 1. The molecule has 0 bridgehead atoms. The van der Waals surface area contributed by atoms with Crippen molar-refractivity contribution >= 4 is 0 Å². The summed E-state index contributed by atoms with van der Waals surface area (Å²) in [5.41, 5.74) is 2.65. The minimum Gasteiger partial charge on any atom is -0.377 e. The minimum absolute atomic E-state index is 0.178. The first-order chi connectivity index (χ1) is 11.7. The number of likely N-dealkylation sites (tertiary alicyclic amines) is 1. The molecule has 0 N–H and O–H groups in total. The van der Waals surface area contributed by atoms with Crippen LogP contribution in [0.4, 0.5) is 0 Å². The Bertz CT molecular complexity index is 552. The third-order valence-corrected chi connectivity index (χ3v) is 5.91. The van der Waals surface area contributed by atoms with Crippen molar-refractivity contribution in [2.45, 2.75) is 51.2 Å². The number of hydrogen-bond donors (Lipinski definition) is 0. The summed E-state index contributed by atoms with van der Waals surface area (Å²) < 4.78 is 12.1. The zero-order chi connectivity index (χ0) is 16.4. The predicted octanol–water partition coefficient (Wildman–Crippen LogP) is 3.19. The molecule has 4 nitrogen and oxygen atoms in total. The van der Waals surface area contributed by atoms with Gasteiger partial charge in [0.15, 0.2) is 0 Å². The second kappa shape index (κ2) is 7.11. The standard InChI is InChI=1S/C20H30N2O2/c1-16-4-7-21-11-19(16)13-23-8-5-17-6-9-24-20(10-17)14-22(15-20)12-18-2-3-18/h4,7,11,17-18H,2-3,5-6,8-10,12-15H2,1H3. The summed E-state index contributed by atoms with van der Waals surface area (Å²) in [5.74, 6) is 1.75. The highest BCUT2D eigenvalue weighted by Gasteiger charge is 2.48. The topological polar surface area (TPSA) is 34.6 Å². The summed E-state index contributed by atoms with van der Waals surface area (Å²) in [7, 11) is 0. The van der Waals surface area contributed by atoms with E-state index < -0.39 is 0 Å². The summed E-state index contributed by atoms with van der Waals surface area (Å²) in [6.45, 7) is 8.22. The van der Waals surface area contributed by atoms with E-state index in [0.29, 0.717) is 6.61 Å². The summed E-state index contributed by atoms with van der Waals surface area (Å²) in [6, 6.07) is 2.05. The molecule has 2 aliphatic heterocycles. The smallest absolute Gasteiger partial charge is 0.0937 e.